The van der Waals surface area contributed by atoms with Crippen LogP contribution in [0.15, 0.2) is 24.5 Å². The second-order valence-electron chi connectivity index (χ2n) is 5.39. The van der Waals surface area contributed by atoms with E-state index in [4.69, 9.17) is 4.74 Å². The summed E-state index contributed by atoms with van der Waals surface area (Å²) < 4.78 is 5.91. The summed E-state index contributed by atoms with van der Waals surface area (Å²) in [4.78, 5) is 10.9. The summed E-state index contributed by atoms with van der Waals surface area (Å²) in [7, 11) is 0. The molecular formula is C18H24N4O. The van der Waals surface area contributed by atoms with E-state index in [1.54, 1.807) is 12.4 Å². The molecule has 5 heteroatoms. The van der Waals surface area contributed by atoms with Crippen LogP contribution in [0.4, 0.5) is 5.69 Å². The van der Waals surface area contributed by atoms with Crippen LogP contribution < -0.4 is 4.90 Å². The normalized spacial score (nSPS) is 20.6. The first kappa shape index (κ1) is 17.2. The molecule has 0 N–H and O–H groups in total. The van der Waals surface area contributed by atoms with E-state index in [1.807, 2.05) is 26.0 Å². The predicted molar refractivity (Wildman–Crippen MR) is 92.4 cm³/mol. The van der Waals surface area contributed by atoms with Crippen molar-refractivity contribution < 1.29 is 4.74 Å². The van der Waals surface area contributed by atoms with Crippen LogP contribution in [0.5, 0.6) is 0 Å². The lowest BCUT2D eigenvalue weighted by molar-refractivity contribution is -0.0171. The van der Waals surface area contributed by atoms with Crippen LogP contribution in [0.1, 0.15) is 39.8 Å². The van der Waals surface area contributed by atoms with Gasteiger partial charge in [-0.2, -0.15) is 5.26 Å². The fourth-order valence-electron chi connectivity index (χ4n) is 2.86. The van der Waals surface area contributed by atoms with Crippen molar-refractivity contribution in [3.8, 4) is 6.07 Å². The Labute approximate surface area is 137 Å². The standard InChI is InChI=1S/C16H18N4O.C2H6/c1-3-12-10-20(9-11(2)21-12)15-8-19-14(7-17)16-13(15)5-4-6-18-16;1-2/h4-6,8,11-12H,3,9-10H2,1-2H3;1-2H3/t11?,12-;/m0./s1. The second kappa shape index (κ2) is 7.89. The number of hydrogen-bond donors (Lipinski definition) is 0. The summed E-state index contributed by atoms with van der Waals surface area (Å²) >= 11 is 0. The van der Waals surface area contributed by atoms with Crippen molar-refractivity contribution >= 4 is 16.6 Å². The highest BCUT2D eigenvalue weighted by molar-refractivity contribution is 5.93. The largest absolute Gasteiger partial charge is 0.372 e. The zero-order chi connectivity index (χ0) is 16.8. The number of hydrogen-bond acceptors (Lipinski definition) is 5. The van der Waals surface area contributed by atoms with Crippen molar-refractivity contribution in [2.45, 2.75) is 46.3 Å². The van der Waals surface area contributed by atoms with Crippen molar-refractivity contribution in [2.75, 3.05) is 18.0 Å². The molecule has 1 fully saturated rings. The molecule has 1 unspecified atom stereocenters. The van der Waals surface area contributed by atoms with Crippen molar-refractivity contribution in [3.05, 3.63) is 30.2 Å². The minimum absolute atomic E-state index is 0.186. The zero-order valence-electron chi connectivity index (χ0n) is 14.3. The molecule has 0 amide bonds. The Hall–Kier alpha value is -2.19. The summed E-state index contributed by atoms with van der Waals surface area (Å²) in [5.41, 5.74) is 2.08. The monoisotopic (exact) mass is 312 g/mol. The molecule has 0 bridgehead atoms. The van der Waals surface area contributed by atoms with E-state index >= 15 is 0 Å². The van der Waals surface area contributed by atoms with Crippen LogP contribution in [0, 0.1) is 11.3 Å². The molecule has 0 aliphatic carbocycles. The number of rotatable bonds is 2. The van der Waals surface area contributed by atoms with E-state index in [1.165, 1.54) is 0 Å². The van der Waals surface area contributed by atoms with Gasteiger partial charge in [0.2, 0.25) is 0 Å². The van der Waals surface area contributed by atoms with Crippen LogP contribution in [-0.4, -0.2) is 35.3 Å². The molecule has 5 nitrogen and oxygen atoms in total. The molecule has 23 heavy (non-hydrogen) atoms. The van der Waals surface area contributed by atoms with E-state index in [0.717, 1.165) is 30.6 Å². The molecule has 3 heterocycles. The summed E-state index contributed by atoms with van der Waals surface area (Å²) in [6.45, 7) is 9.90. The Bertz CT molecular complexity index is 695. The smallest absolute Gasteiger partial charge is 0.166 e. The molecular weight excluding hydrogens is 288 g/mol. The number of nitriles is 1. The van der Waals surface area contributed by atoms with E-state index in [-0.39, 0.29) is 12.2 Å². The van der Waals surface area contributed by atoms with Crippen LogP contribution in [-0.2, 0) is 4.74 Å². The van der Waals surface area contributed by atoms with Gasteiger partial charge in [-0.1, -0.05) is 20.8 Å². The molecule has 122 valence electrons. The SMILES string of the molecule is CC.CC[C@H]1CN(c2cnc(C#N)c3ncccc23)CC(C)O1. The maximum atomic E-state index is 9.17. The van der Waals surface area contributed by atoms with Crippen molar-refractivity contribution in [2.24, 2.45) is 0 Å². The van der Waals surface area contributed by atoms with E-state index < -0.39 is 0 Å². The average Bonchev–Trinajstić information content (AvgIpc) is 2.61. The first-order chi connectivity index (χ1) is 11.2. The Balaban J connectivity index is 0.000000924. The lowest BCUT2D eigenvalue weighted by Gasteiger charge is -2.38. The van der Waals surface area contributed by atoms with Gasteiger partial charge in [0.1, 0.15) is 11.6 Å². The average molecular weight is 312 g/mol. The van der Waals surface area contributed by atoms with Gasteiger partial charge in [-0.15, -0.1) is 0 Å². The number of nitrogens with zero attached hydrogens (tertiary/aromatic N) is 4. The van der Waals surface area contributed by atoms with Crippen LogP contribution in [0.3, 0.4) is 0 Å². The Morgan fingerprint density at radius 3 is 2.83 bits per heavy atom. The zero-order valence-corrected chi connectivity index (χ0v) is 14.3. The summed E-state index contributed by atoms with van der Waals surface area (Å²) in [5.74, 6) is 0. The molecule has 3 rings (SSSR count). The third-order valence-corrected chi connectivity index (χ3v) is 3.85. The van der Waals surface area contributed by atoms with Gasteiger partial charge in [-0.3, -0.25) is 4.98 Å². The summed E-state index contributed by atoms with van der Waals surface area (Å²) in [5, 5.41) is 10.2. The second-order valence-corrected chi connectivity index (χ2v) is 5.39. The summed E-state index contributed by atoms with van der Waals surface area (Å²) in [6, 6.07) is 6.01. The maximum Gasteiger partial charge on any atom is 0.166 e. The van der Waals surface area contributed by atoms with Gasteiger partial charge in [-0.05, 0) is 25.5 Å². The highest BCUT2D eigenvalue weighted by Gasteiger charge is 2.26. The maximum absolute atomic E-state index is 9.17. The van der Waals surface area contributed by atoms with Gasteiger partial charge in [0, 0.05) is 24.7 Å². The Kier molecular flexibility index (Phi) is 5.89. The lowest BCUT2D eigenvalue weighted by atomic mass is 10.1. The Morgan fingerprint density at radius 1 is 1.35 bits per heavy atom. The topological polar surface area (TPSA) is 62.0 Å². The molecule has 0 saturated carbocycles. The van der Waals surface area contributed by atoms with Gasteiger partial charge in [-0.25, -0.2) is 4.98 Å². The molecule has 0 aromatic carbocycles. The van der Waals surface area contributed by atoms with Gasteiger partial charge < -0.3 is 9.64 Å². The highest BCUT2D eigenvalue weighted by atomic mass is 16.5. The number of morpholine rings is 1. The predicted octanol–water partition coefficient (Wildman–Crippen LogP) is 3.53. The van der Waals surface area contributed by atoms with Crippen molar-refractivity contribution in [1.29, 1.82) is 5.26 Å². The third kappa shape index (κ3) is 3.59. The first-order valence-corrected chi connectivity index (χ1v) is 8.27. The number of ether oxygens (including phenoxy) is 1. The first-order valence-electron chi connectivity index (χ1n) is 8.27. The third-order valence-electron chi connectivity index (χ3n) is 3.85. The molecule has 1 aliphatic heterocycles. The highest BCUT2D eigenvalue weighted by Crippen LogP contribution is 2.29. The Morgan fingerprint density at radius 2 is 2.13 bits per heavy atom. The molecule has 1 aliphatic rings. The van der Waals surface area contributed by atoms with E-state index in [0.29, 0.717) is 11.2 Å². The minimum atomic E-state index is 0.186. The van der Waals surface area contributed by atoms with Crippen molar-refractivity contribution in [1.82, 2.24) is 9.97 Å². The minimum Gasteiger partial charge on any atom is -0.372 e. The van der Waals surface area contributed by atoms with Crippen LogP contribution in [0.25, 0.3) is 10.9 Å². The summed E-state index contributed by atoms with van der Waals surface area (Å²) in [6.07, 6.45) is 4.89. The number of pyridine rings is 2. The van der Waals surface area contributed by atoms with Gasteiger partial charge in [0.05, 0.1) is 24.1 Å². The number of anilines is 1. The molecule has 1 saturated heterocycles. The van der Waals surface area contributed by atoms with Gasteiger partial charge >= 0.3 is 0 Å². The fraction of sp³-hybridized carbons (Fsp3) is 0.500. The number of fused-ring (bicyclic) bond motifs is 1. The quantitative estimate of drug-likeness (QED) is 0.849. The molecule has 2 atom stereocenters. The van der Waals surface area contributed by atoms with Crippen LogP contribution >= 0.6 is 0 Å². The van der Waals surface area contributed by atoms with E-state index in [2.05, 4.69) is 34.8 Å². The molecule has 0 radical (unpaired) electrons. The van der Waals surface area contributed by atoms with Gasteiger partial charge in [0.25, 0.3) is 0 Å². The number of aromatic nitrogens is 2. The molecule has 2 aromatic rings. The lowest BCUT2D eigenvalue weighted by Crippen LogP contribution is -2.46. The molecule has 2 aromatic heterocycles. The van der Waals surface area contributed by atoms with Crippen molar-refractivity contribution in [3.63, 3.8) is 0 Å². The van der Waals surface area contributed by atoms with E-state index in [9.17, 15) is 5.26 Å². The molecule has 0 spiro atoms. The van der Waals surface area contributed by atoms with Crippen LogP contribution in [0.2, 0.25) is 0 Å². The fourth-order valence-corrected chi connectivity index (χ4v) is 2.86. The van der Waals surface area contributed by atoms with Gasteiger partial charge in [0.15, 0.2) is 5.69 Å².